The summed E-state index contributed by atoms with van der Waals surface area (Å²) in [7, 11) is 0. The highest BCUT2D eigenvalue weighted by atomic mass is 32.2. The topological polar surface area (TPSA) is 71.3 Å². The molecular formula is C24H20N4O2S. The maximum atomic E-state index is 12.9. The van der Waals surface area contributed by atoms with Crippen molar-refractivity contribution in [2.24, 2.45) is 0 Å². The molecule has 1 aliphatic heterocycles. The molecule has 5 rings (SSSR count). The summed E-state index contributed by atoms with van der Waals surface area (Å²) in [4.78, 5) is 21.7. The minimum Gasteiger partial charge on any atom is -0.339 e. The number of hydrogen-bond donors (Lipinski definition) is 1. The summed E-state index contributed by atoms with van der Waals surface area (Å²) in [6.45, 7) is 2.31. The van der Waals surface area contributed by atoms with Crippen LogP contribution in [-0.4, -0.2) is 22.6 Å². The lowest BCUT2D eigenvalue weighted by Crippen LogP contribution is -2.26. The minimum absolute atomic E-state index is 0.0687. The molecule has 0 aliphatic carbocycles. The second-order valence-electron chi connectivity index (χ2n) is 7.17. The first-order valence-corrected chi connectivity index (χ1v) is 10.8. The molecule has 0 fully saturated rings. The Labute approximate surface area is 184 Å². The molecule has 154 valence electrons. The van der Waals surface area contributed by atoms with E-state index in [4.69, 9.17) is 4.52 Å². The lowest BCUT2D eigenvalue weighted by atomic mass is 10.1. The molecule has 0 saturated carbocycles. The van der Waals surface area contributed by atoms with E-state index in [1.165, 1.54) is 9.79 Å². The normalized spacial score (nSPS) is 12.2. The Balaban J connectivity index is 1.35. The maximum Gasteiger partial charge on any atom is 0.226 e. The summed E-state index contributed by atoms with van der Waals surface area (Å²) in [5, 5.41) is 6.99. The molecule has 1 amide bonds. The fourth-order valence-electron chi connectivity index (χ4n) is 3.64. The summed E-state index contributed by atoms with van der Waals surface area (Å²) in [5.41, 5.74) is 3.66. The van der Waals surface area contributed by atoms with Crippen LogP contribution in [0, 0.1) is 6.92 Å². The molecule has 0 radical (unpaired) electrons. The zero-order valence-electron chi connectivity index (χ0n) is 16.9. The van der Waals surface area contributed by atoms with Gasteiger partial charge in [-0.15, -0.1) is 0 Å². The second-order valence-corrected chi connectivity index (χ2v) is 8.25. The fourth-order valence-corrected chi connectivity index (χ4v) is 4.74. The van der Waals surface area contributed by atoms with Crippen molar-refractivity contribution in [2.75, 3.05) is 16.8 Å². The molecule has 0 spiro atoms. The van der Waals surface area contributed by atoms with Gasteiger partial charge >= 0.3 is 0 Å². The standard InChI is InChI=1S/C24H20N4O2S/c1-16-25-24(27-30-16)17-8-2-3-9-18(17)26-23(29)14-15-28-19-10-4-6-12-21(19)31-22-13-7-5-11-20(22)28/h2-13H,14-15H2,1H3,(H,26,29). The number of nitrogens with one attached hydrogen (secondary N) is 1. The van der Waals surface area contributed by atoms with E-state index in [0.717, 1.165) is 16.9 Å². The number of amides is 1. The number of nitrogens with zero attached hydrogens (tertiary/aromatic N) is 3. The van der Waals surface area contributed by atoms with Gasteiger partial charge in [0.05, 0.1) is 17.1 Å². The van der Waals surface area contributed by atoms with E-state index in [2.05, 4.69) is 44.6 Å². The van der Waals surface area contributed by atoms with Gasteiger partial charge in [0.2, 0.25) is 17.6 Å². The predicted octanol–water partition coefficient (Wildman–Crippen LogP) is 5.68. The highest BCUT2D eigenvalue weighted by Crippen LogP contribution is 2.47. The van der Waals surface area contributed by atoms with Crippen molar-refractivity contribution in [3.8, 4) is 11.4 Å². The lowest BCUT2D eigenvalue weighted by Gasteiger charge is -2.32. The second kappa shape index (κ2) is 8.28. The van der Waals surface area contributed by atoms with Crippen molar-refractivity contribution in [2.45, 2.75) is 23.1 Å². The third kappa shape index (κ3) is 3.92. The molecule has 7 heteroatoms. The Kier molecular flexibility index (Phi) is 5.18. The number of hydrogen-bond acceptors (Lipinski definition) is 6. The molecule has 6 nitrogen and oxygen atoms in total. The molecule has 1 aromatic heterocycles. The zero-order valence-corrected chi connectivity index (χ0v) is 17.7. The number of carbonyl (C=O) groups is 1. The summed E-state index contributed by atoms with van der Waals surface area (Å²) in [5.74, 6) is 0.876. The molecule has 2 heterocycles. The molecule has 4 aromatic rings. The Hall–Kier alpha value is -3.58. The van der Waals surface area contributed by atoms with Crippen LogP contribution in [0.1, 0.15) is 12.3 Å². The number of fused-ring (bicyclic) bond motifs is 2. The monoisotopic (exact) mass is 428 g/mol. The Morgan fingerprint density at radius 2 is 1.61 bits per heavy atom. The SMILES string of the molecule is Cc1nc(-c2ccccc2NC(=O)CCN2c3ccccc3Sc3ccccc32)no1. The maximum absolute atomic E-state index is 12.9. The van der Waals surface area contributed by atoms with Crippen molar-refractivity contribution >= 4 is 34.7 Å². The van der Waals surface area contributed by atoms with Crippen molar-refractivity contribution in [1.29, 1.82) is 0 Å². The van der Waals surface area contributed by atoms with Crippen LogP contribution in [0.15, 0.2) is 87.1 Å². The van der Waals surface area contributed by atoms with Gasteiger partial charge < -0.3 is 14.7 Å². The van der Waals surface area contributed by atoms with Gasteiger partial charge in [0, 0.05) is 35.2 Å². The first kappa shape index (κ1) is 19.4. The molecule has 0 unspecified atom stereocenters. The third-order valence-corrected chi connectivity index (χ3v) is 6.19. The van der Waals surface area contributed by atoms with E-state index < -0.39 is 0 Å². The molecule has 3 aromatic carbocycles. The summed E-state index contributed by atoms with van der Waals surface area (Å²) in [6, 6.07) is 24.1. The van der Waals surface area contributed by atoms with Crippen LogP contribution >= 0.6 is 11.8 Å². The van der Waals surface area contributed by atoms with Crippen molar-refractivity contribution in [3.05, 3.63) is 78.7 Å². The van der Waals surface area contributed by atoms with Crippen molar-refractivity contribution in [1.82, 2.24) is 10.1 Å². The molecular weight excluding hydrogens is 408 g/mol. The van der Waals surface area contributed by atoms with Gasteiger partial charge in [0.1, 0.15) is 0 Å². The Bertz CT molecular complexity index is 1210. The number of aromatic nitrogens is 2. The van der Waals surface area contributed by atoms with E-state index in [1.54, 1.807) is 18.7 Å². The molecule has 0 saturated heterocycles. The number of benzene rings is 3. The largest absolute Gasteiger partial charge is 0.339 e. The number of anilines is 3. The van der Waals surface area contributed by atoms with E-state index in [9.17, 15) is 4.79 Å². The molecule has 0 atom stereocenters. The number of aryl methyl sites for hydroxylation is 1. The van der Waals surface area contributed by atoms with E-state index >= 15 is 0 Å². The first-order chi connectivity index (χ1) is 15.2. The average Bonchev–Trinajstić information content (AvgIpc) is 3.23. The van der Waals surface area contributed by atoms with Crippen LogP contribution < -0.4 is 10.2 Å². The van der Waals surface area contributed by atoms with E-state index in [1.807, 2.05) is 48.5 Å². The van der Waals surface area contributed by atoms with Gasteiger partial charge in [0.15, 0.2) is 0 Å². The summed E-state index contributed by atoms with van der Waals surface area (Å²) in [6.07, 6.45) is 0.340. The zero-order chi connectivity index (χ0) is 21.2. The van der Waals surface area contributed by atoms with Gasteiger partial charge in [-0.3, -0.25) is 4.79 Å². The smallest absolute Gasteiger partial charge is 0.226 e. The van der Waals surface area contributed by atoms with Gasteiger partial charge in [-0.05, 0) is 36.4 Å². The van der Waals surface area contributed by atoms with E-state index in [-0.39, 0.29) is 5.91 Å². The molecule has 31 heavy (non-hydrogen) atoms. The van der Waals surface area contributed by atoms with Crippen LogP contribution in [0.4, 0.5) is 17.1 Å². The van der Waals surface area contributed by atoms with Gasteiger partial charge in [-0.25, -0.2) is 0 Å². The predicted molar refractivity (Wildman–Crippen MR) is 122 cm³/mol. The van der Waals surface area contributed by atoms with Crippen LogP contribution in [0.2, 0.25) is 0 Å². The lowest BCUT2D eigenvalue weighted by molar-refractivity contribution is -0.116. The quantitative estimate of drug-likeness (QED) is 0.441. The number of rotatable bonds is 5. The highest BCUT2D eigenvalue weighted by molar-refractivity contribution is 7.99. The number of para-hydroxylation sites is 3. The minimum atomic E-state index is -0.0687. The summed E-state index contributed by atoms with van der Waals surface area (Å²) < 4.78 is 5.09. The molecule has 1 N–H and O–H groups in total. The van der Waals surface area contributed by atoms with Gasteiger partial charge in [-0.1, -0.05) is 53.3 Å². The van der Waals surface area contributed by atoms with Crippen LogP contribution in [0.3, 0.4) is 0 Å². The van der Waals surface area contributed by atoms with Crippen molar-refractivity contribution < 1.29 is 9.32 Å². The van der Waals surface area contributed by atoms with Crippen molar-refractivity contribution in [3.63, 3.8) is 0 Å². The van der Waals surface area contributed by atoms with E-state index in [0.29, 0.717) is 30.4 Å². The summed E-state index contributed by atoms with van der Waals surface area (Å²) >= 11 is 1.76. The molecule has 1 aliphatic rings. The molecule has 0 bridgehead atoms. The Morgan fingerprint density at radius 1 is 0.968 bits per heavy atom. The first-order valence-electron chi connectivity index (χ1n) is 10.0. The van der Waals surface area contributed by atoms with Gasteiger partial charge in [-0.2, -0.15) is 4.98 Å². The number of carbonyl (C=O) groups excluding carboxylic acids is 1. The van der Waals surface area contributed by atoms with Gasteiger partial charge in [0.25, 0.3) is 0 Å². The van der Waals surface area contributed by atoms with Crippen LogP contribution in [0.25, 0.3) is 11.4 Å². The Morgan fingerprint density at radius 3 is 2.29 bits per heavy atom. The van der Waals surface area contributed by atoms with Crippen LogP contribution in [-0.2, 0) is 4.79 Å². The van der Waals surface area contributed by atoms with Crippen LogP contribution in [0.5, 0.6) is 0 Å². The fraction of sp³-hybridized carbons (Fsp3) is 0.125. The average molecular weight is 429 g/mol. The third-order valence-electron chi connectivity index (χ3n) is 5.06. The highest BCUT2D eigenvalue weighted by Gasteiger charge is 2.23.